The molecule has 2 aromatic rings. The number of anilines is 3. The van der Waals surface area contributed by atoms with Crippen LogP contribution < -0.4 is 16.8 Å². The van der Waals surface area contributed by atoms with Gasteiger partial charge in [-0.05, 0) is 42.8 Å². The number of hydrogen-bond donors (Lipinski definition) is 3. The molecule has 0 heterocycles. The monoisotopic (exact) mass is 259 g/mol. The van der Waals surface area contributed by atoms with Crippen LogP contribution in [0.2, 0.25) is 0 Å². The van der Waals surface area contributed by atoms with Crippen LogP contribution in [0.4, 0.5) is 21.5 Å². The molecule has 0 aliphatic heterocycles. The highest BCUT2D eigenvalue weighted by Crippen LogP contribution is 2.25. The standard InChI is InChI=1S/C14H14FN3O/c1-8-2-3-9(15)6-13(8)18-12-5-4-10(16)7-11(12)14(17)19/h2-7,18H,16H2,1H3,(H2,17,19). The van der Waals surface area contributed by atoms with Crippen LogP contribution in [0.5, 0.6) is 0 Å². The summed E-state index contributed by atoms with van der Waals surface area (Å²) in [5, 5.41) is 2.99. The van der Waals surface area contributed by atoms with Crippen molar-refractivity contribution in [2.45, 2.75) is 6.92 Å². The zero-order chi connectivity index (χ0) is 14.0. The normalized spacial score (nSPS) is 10.2. The second-order valence-corrected chi connectivity index (χ2v) is 4.25. The number of benzene rings is 2. The molecule has 0 unspecified atom stereocenters. The van der Waals surface area contributed by atoms with Gasteiger partial charge in [-0.15, -0.1) is 0 Å². The quantitative estimate of drug-likeness (QED) is 0.741. The third-order valence-electron chi connectivity index (χ3n) is 2.78. The second-order valence-electron chi connectivity index (χ2n) is 4.25. The Morgan fingerprint density at radius 1 is 1.16 bits per heavy atom. The summed E-state index contributed by atoms with van der Waals surface area (Å²) in [6, 6.07) is 9.15. The minimum atomic E-state index is -0.594. The van der Waals surface area contributed by atoms with Gasteiger partial charge in [0, 0.05) is 11.4 Å². The van der Waals surface area contributed by atoms with Gasteiger partial charge in [-0.25, -0.2) is 4.39 Å². The van der Waals surface area contributed by atoms with Crippen molar-refractivity contribution in [3.8, 4) is 0 Å². The summed E-state index contributed by atoms with van der Waals surface area (Å²) in [5.74, 6) is -0.951. The third kappa shape index (κ3) is 2.82. The van der Waals surface area contributed by atoms with Crippen molar-refractivity contribution in [3.05, 3.63) is 53.3 Å². The molecule has 0 aliphatic rings. The second kappa shape index (κ2) is 4.97. The lowest BCUT2D eigenvalue weighted by Crippen LogP contribution is -2.14. The van der Waals surface area contributed by atoms with Gasteiger partial charge >= 0.3 is 0 Å². The van der Waals surface area contributed by atoms with Crippen molar-refractivity contribution in [3.63, 3.8) is 0 Å². The van der Waals surface area contributed by atoms with Gasteiger partial charge in [0.25, 0.3) is 5.91 Å². The lowest BCUT2D eigenvalue weighted by molar-refractivity contribution is 0.100. The van der Waals surface area contributed by atoms with E-state index in [1.807, 2.05) is 6.92 Å². The number of amides is 1. The van der Waals surface area contributed by atoms with Crippen LogP contribution >= 0.6 is 0 Å². The van der Waals surface area contributed by atoms with E-state index in [4.69, 9.17) is 11.5 Å². The van der Waals surface area contributed by atoms with Crippen LogP contribution in [-0.4, -0.2) is 5.91 Å². The van der Waals surface area contributed by atoms with E-state index in [1.165, 1.54) is 18.2 Å². The molecule has 0 aliphatic carbocycles. The number of primary amides is 1. The average molecular weight is 259 g/mol. The van der Waals surface area contributed by atoms with Crippen LogP contribution in [0.25, 0.3) is 0 Å². The van der Waals surface area contributed by atoms with E-state index in [1.54, 1.807) is 18.2 Å². The number of nitrogens with one attached hydrogen (secondary N) is 1. The molecule has 0 fully saturated rings. The summed E-state index contributed by atoms with van der Waals surface area (Å²) < 4.78 is 13.2. The van der Waals surface area contributed by atoms with E-state index >= 15 is 0 Å². The first-order valence-electron chi connectivity index (χ1n) is 5.70. The van der Waals surface area contributed by atoms with Gasteiger partial charge < -0.3 is 16.8 Å². The van der Waals surface area contributed by atoms with Crippen molar-refractivity contribution in [2.75, 3.05) is 11.1 Å². The number of carbonyl (C=O) groups is 1. The van der Waals surface area contributed by atoms with Gasteiger partial charge in [0.1, 0.15) is 5.82 Å². The minimum absolute atomic E-state index is 0.267. The largest absolute Gasteiger partial charge is 0.399 e. The van der Waals surface area contributed by atoms with E-state index < -0.39 is 5.91 Å². The topological polar surface area (TPSA) is 81.1 Å². The SMILES string of the molecule is Cc1ccc(F)cc1Nc1ccc(N)cc1C(N)=O. The van der Waals surface area contributed by atoms with Crippen LogP contribution in [-0.2, 0) is 0 Å². The molecule has 0 spiro atoms. The smallest absolute Gasteiger partial charge is 0.250 e. The van der Waals surface area contributed by atoms with Crippen LogP contribution in [0.15, 0.2) is 36.4 Å². The van der Waals surface area contributed by atoms with Crippen molar-refractivity contribution in [1.82, 2.24) is 0 Å². The van der Waals surface area contributed by atoms with Crippen molar-refractivity contribution in [1.29, 1.82) is 0 Å². The summed E-state index contributed by atoms with van der Waals surface area (Å²) in [7, 11) is 0. The number of hydrogen-bond acceptors (Lipinski definition) is 3. The van der Waals surface area contributed by atoms with E-state index in [9.17, 15) is 9.18 Å². The Kier molecular flexibility index (Phi) is 3.37. The summed E-state index contributed by atoms with van der Waals surface area (Å²) in [6.45, 7) is 1.84. The first kappa shape index (κ1) is 12.9. The van der Waals surface area contributed by atoms with Gasteiger partial charge in [-0.1, -0.05) is 6.07 Å². The molecule has 2 aromatic carbocycles. The van der Waals surface area contributed by atoms with E-state index in [0.717, 1.165) is 5.56 Å². The van der Waals surface area contributed by atoms with E-state index in [0.29, 0.717) is 17.1 Å². The summed E-state index contributed by atoms with van der Waals surface area (Å²) in [4.78, 5) is 11.4. The molecule has 0 saturated heterocycles. The summed E-state index contributed by atoms with van der Waals surface area (Å²) >= 11 is 0. The zero-order valence-corrected chi connectivity index (χ0v) is 10.4. The molecule has 0 bridgehead atoms. The fourth-order valence-electron chi connectivity index (χ4n) is 1.75. The van der Waals surface area contributed by atoms with Crippen LogP contribution in [0.3, 0.4) is 0 Å². The van der Waals surface area contributed by atoms with E-state index in [2.05, 4.69) is 5.32 Å². The average Bonchev–Trinajstić information content (AvgIpc) is 2.35. The first-order chi connectivity index (χ1) is 8.97. The molecule has 0 atom stereocenters. The molecule has 5 N–H and O–H groups in total. The van der Waals surface area contributed by atoms with Gasteiger partial charge in [0.2, 0.25) is 0 Å². The Labute approximate surface area is 110 Å². The van der Waals surface area contributed by atoms with Gasteiger partial charge in [-0.3, -0.25) is 4.79 Å². The Hall–Kier alpha value is -2.56. The van der Waals surface area contributed by atoms with Crippen molar-refractivity contribution >= 4 is 23.0 Å². The van der Waals surface area contributed by atoms with Gasteiger partial charge in [-0.2, -0.15) is 0 Å². The molecule has 0 saturated carbocycles. The molecular weight excluding hydrogens is 245 g/mol. The maximum atomic E-state index is 13.2. The molecule has 5 heteroatoms. The van der Waals surface area contributed by atoms with Gasteiger partial charge in [0.05, 0.1) is 11.3 Å². The first-order valence-corrected chi connectivity index (χ1v) is 5.70. The van der Waals surface area contributed by atoms with Crippen molar-refractivity contribution < 1.29 is 9.18 Å². The zero-order valence-electron chi connectivity index (χ0n) is 10.4. The molecule has 1 amide bonds. The Balaban J connectivity index is 2.43. The number of rotatable bonds is 3. The fourth-order valence-corrected chi connectivity index (χ4v) is 1.75. The highest BCUT2D eigenvalue weighted by Gasteiger charge is 2.10. The number of carbonyl (C=O) groups excluding carboxylic acids is 1. The number of nitrogens with two attached hydrogens (primary N) is 2. The summed E-state index contributed by atoms with van der Waals surface area (Å²) in [6.07, 6.45) is 0. The van der Waals surface area contributed by atoms with Gasteiger partial charge in [0.15, 0.2) is 0 Å². The molecule has 2 rings (SSSR count). The predicted octanol–water partition coefficient (Wildman–Crippen LogP) is 2.56. The molecule has 98 valence electrons. The molecule has 0 radical (unpaired) electrons. The fraction of sp³-hybridized carbons (Fsp3) is 0.0714. The molecule has 0 aromatic heterocycles. The third-order valence-corrected chi connectivity index (χ3v) is 2.78. The van der Waals surface area contributed by atoms with Crippen molar-refractivity contribution in [2.24, 2.45) is 5.73 Å². The van der Waals surface area contributed by atoms with Crippen LogP contribution in [0, 0.1) is 12.7 Å². The van der Waals surface area contributed by atoms with Crippen LogP contribution in [0.1, 0.15) is 15.9 Å². The highest BCUT2D eigenvalue weighted by atomic mass is 19.1. The number of nitrogen functional groups attached to an aromatic ring is 1. The Morgan fingerprint density at radius 2 is 1.89 bits per heavy atom. The maximum absolute atomic E-state index is 13.2. The maximum Gasteiger partial charge on any atom is 0.250 e. The highest BCUT2D eigenvalue weighted by molar-refractivity contribution is 6.00. The lowest BCUT2D eigenvalue weighted by atomic mass is 10.1. The molecular formula is C14H14FN3O. The number of halogens is 1. The molecule has 19 heavy (non-hydrogen) atoms. The van der Waals surface area contributed by atoms with E-state index in [-0.39, 0.29) is 11.4 Å². The Bertz CT molecular complexity index is 641. The predicted molar refractivity (Wildman–Crippen MR) is 73.8 cm³/mol. The Morgan fingerprint density at radius 3 is 2.58 bits per heavy atom. The molecule has 4 nitrogen and oxygen atoms in total. The number of aryl methyl sites for hydroxylation is 1. The summed E-state index contributed by atoms with van der Waals surface area (Å²) in [5.41, 5.74) is 13.5. The lowest BCUT2D eigenvalue weighted by Gasteiger charge is -2.13. The minimum Gasteiger partial charge on any atom is -0.399 e.